The summed E-state index contributed by atoms with van der Waals surface area (Å²) in [5, 5.41) is 11.4. The Kier molecular flexibility index (Phi) is 5.45. The molecule has 6 heteroatoms. The summed E-state index contributed by atoms with van der Waals surface area (Å²) in [4.78, 5) is 22.4. The number of aliphatic carboxylic acids is 1. The van der Waals surface area contributed by atoms with E-state index in [0.717, 1.165) is 17.3 Å². The number of hydrogen-bond donors (Lipinski definition) is 2. The van der Waals surface area contributed by atoms with Crippen LogP contribution in [0.5, 0.6) is 0 Å². The van der Waals surface area contributed by atoms with Gasteiger partial charge < -0.3 is 14.8 Å². The lowest BCUT2D eigenvalue weighted by atomic mass is 10.0. The summed E-state index contributed by atoms with van der Waals surface area (Å²) < 4.78 is 5.38. The monoisotopic (exact) mass is 305 g/mol. The summed E-state index contributed by atoms with van der Waals surface area (Å²) in [6.07, 6.45) is 1.55. The van der Waals surface area contributed by atoms with Crippen molar-refractivity contribution in [2.75, 3.05) is 11.5 Å². The Labute approximate surface area is 126 Å². The van der Waals surface area contributed by atoms with Gasteiger partial charge in [0.25, 0.3) is 0 Å². The van der Waals surface area contributed by atoms with E-state index in [9.17, 15) is 9.59 Å². The van der Waals surface area contributed by atoms with Gasteiger partial charge in [-0.3, -0.25) is 9.59 Å². The smallest absolute Gasteiger partial charge is 0.313 e. The van der Waals surface area contributed by atoms with Crippen LogP contribution in [0.3, 0.4) is 0 Å². The predicted octanol–water partition coefficient (Wildman–Crippen LogP) is 2.30. The third-order valence-corrected chi connectivity index (χ3v) is 3.64. The molecule has 0 radical (unpaired) electrons. The van der Waals surface area contributed by atoms with E-state index in [1.165, 1.54) is 0 Å². The van der Waals surface area contributed by atoms with Crippen LogP contribution in [0.2, 0.25) is 0 Å². The van der Waals surface area contributed by atoms with E-state index in [0.29, 0.717) is 5.76 Å². The molecule has 0 spiro atoms. The molecule has 2 aromatic rings. The molecular formula is C15H15NO4S. The highest BCUT2D eigenvalue weighted by atomic mass is 32.2. The van der Waals surface area contributed by atoms with E-state index in [2.05, 4.69) is 5.32 Å². The number of benzene rings is 1. The van der Waals surface area contributed by atoms with Crippen LogP contribution in [0.25, 0.3) is 0 Å². The van der Waals surface area contributed by atoms with Crippen molar-refractivity contribution in [3.63, 3.8) is 0 Å². The number of carboxylic acids is 1. The number of amides is 1. The Bertz CT molecular complexity index is 583. The summed E-state index contributed by atoms with van der Waals surface area (Å²) in [5.41, 5.74) is 0.907. The minimum Gasteiger partial charge on any atom is -0.481 e. The van der Waals surface area contributed by atoms with Gasteiger partial charge in [0.15, 0.2) is 0 Å². The van der Waals surface area contributed by atoms with Gasteiger partial charge in [-0.1, -0.05) is 30.3 Å². The molecule has 0 aliphatic rings. The zero-order valence-corrected chi connectivity index (χ0v) is 12.0. The van der Waals surface area contributed by atoms with Crippen molar-refractivity contribution in [1.82, 2.24) is 5.32 Å². The molecule has 0 aliphatic heterocycles. The standard InChI is InChI=1S/C15H15NO4S/c17-13(9-21-10-14(18)19)16-15(12-7-4-8-20-12)11-5-2-1-3-6-11/h1-8,15H,9-10H2,(H,16,17)(H,18,19). The average molecular weight is 305 g/mol. The number of rotatable bonds is 7. The number of nitrogens with one attached hydrogen (secondary N) is 1. The van der Waals surface area contributed by atoms with Gasteiger partial charge in [-0.15, -0.1) is 11.8 Å². The minimum atomic E-state index is -0.932. The van der Waals surface area contributed by atoms with E-state index in [1.54, 1.807) is 18.4 Å². The normalized spacial score (nSPS) is 11.8. The quantitative estimate of drug-likeness (QED) is 0.820. The van der Waals surface area contributed by atoms with Crippen LogP contribution >= 0.6 is 11.8 Å². The summed E-state index contributed by atoms with van der Waals surface area (Å²) in [6, 6.07) is 12.6. The fraction of sp³-hybridized carbons (Fsp3) is 0.200. The van der Waals surface area contributed by atoms with Gasteiger partial charge in [-0.2, -0.15) is 0 Å². The largest absolute Gasteiger partial charge is 0.481 e. The van der Waals surface area contributed by atoms with Gasteiger partial charge in [0, 0.05) is 0 Å². The lowest BCUT2D eigenvalue weighted by molar-refractivity contribution is -0.133. The topological polar surface area (TPSA) is 79.5 Å². The molecule has 110 valence electrons. The molecule has 5 nitrogen and oxygen atoms in total. The molecule has 1 aromatic carbocycles. The van der Waals surface area contributed by atoms with Crippen LogP contribution in [-0.4, -0.2) is 28.5 Å². The van der Waals surface area contributed by atoms with Crippen molar-refractivity contribution in [1.29, 1.82) is 0 Å². The Morgan fingerprint density at radius 3 is 2.52 bits per heavy atom. The second-order valence-corrected chi connectivity index (χ2v) is 5.30. The summed E-state index contributed by atoms with van der Waals surface area (Å²) in [7, 11) is 0. The van der Waals surface area contributed by atoms with Gasteiger partial charge >= 0.3 is 5.97 Å². The van der Waals surface area contributed by atoms with E-state index >= 15 is 0 Å². The number of hydrogen-bond acceptors (Lipinski definition) is 4. The second-order valence-electron chi connectivity index (χ2n) is 4.31. The molecule has 0 saturated carbocycles. The van der Waals surface area contributed by atoms with E-state index in [4.69, 9.17) is 9.52 Å². The Morgan fingerprint density at radius 2 is 1.90 bits per heavy atom. The van der Waals surface area contributed by atoms with Crippen molar-refractivity contribution in [2.24, 2.45) is 0 Å². The Morgan fingerprint density at radius 1 is 1.14 bits per heavy atom. The maximum Gasteiger partial charge on any atom is 0.313 e. The lowest BCUT2D eigenvalue weighted by Gasteiger charge is -2.17. The molecule has 2 rings (SSSR count). The fourth-order valence-electron chi connectivity index (χ4n) is 1.85. The van der Waals surface area contributed by atoms with Gasteiger partial charge in [0.1, 0.15) is 11.8 Å². The van der Waals surface area contributed by atoms with Crippen molar-refractivity contribution >= 4 is 23.6 Å². The van der Waals surface area contributed by atoms with Crippen molar-refractivity contribution in [2.45, 2.75) is 6.04 Å². The van der Waals surface area contributed by atoms with Crippen LogP contribution in [0, 0.1) is 0 Å². The molecule has 2 N–H and O–H groups in total. The summed E-state index contributed by atoms with van der Waals surface area (Å²) in [5.74, 6) is -0.525. The average Bonchev–Trinajstić information content (AvgIpc) is 2.99. The maximum absolute atomic E-state index is 11.9. The first-order valence-electron chi connectivity index (χ1n) is 6.34. The third kappa shape index (κ3) is 4.68. The lowest BCUT2D eigenvalue weighted by Crippen LogP contribution is -2.30. The van der Waals surface area contributed by atoms with Gasteiger partial charge in [-0.05, 0) is 17.7 Å². The second kappa shape index (κ2) is 7.54. The number of furan rings is 1. The van der Waals surface area contributed by atoms with E-state index in [-0.39, 0.29) is 23.5 Å². The zero-order chi connectivity index (χ0) is 15.1. The third-order valence-electron chi connectivity index (χ3n) is 2.72. The molecule has 1 heterocycles. The summed E-state index contributed by atoms with van der Waals surface area (Å²) >= 11 is 1.06. The van der Waals surface area contributed by atoms with Crippen LogP contribution in [0.4, 0.5) is 0 Å². The van der Waals surface area contributed by atoms with Crippen LogP contribution < -0.4 is 5.32 Å². The van der Waals surface area contributed by atoms with Crippen LogP contribution in [0.1, 0.15) is 17.4 Å². The van der Waals surface area contributed by atoms with Gasteiger partial charge in [0.05, 0.1) is 17.8 Å². The molecule has 21 heavy (non-hydrogen) atoms. The zero-order valence-electron chi connectivity index (χ0n) is 11.2. The Hall–Kier alpha value is -2.21. The van der Waals surface area contributed by atoms with Gasteiger partial charge in [-0.25, -0.2) is 0 Å². The first-order chi connectivity index (χ1) is 10.2. The molecule has 0 aliphatic carbocycles. The van der Waals surface area contributed by atoms with Crippen molar-refractivity contribution in [3.05, 3.63) is 60.1 Å². The van der Waals surface area contributed by atoms with E-state index < -0.39 is 5.97 Å². The van der Waals surface area contributed by atoms with Crippen molar-refractivity contribution < 1.29 is 19.1 Å². The fourth-order valence-corrected chi connectivity index (χ4v) is 2.40. The molecule has 1 unspecified atom stereocenters. The highest BCUT2D eigenvalue weighted by Gasteiger charge is 2.19. The minimum absolute atomic E-state index is 0.0931. The predicted molar refractivity (Wildman–Crippen MR) is 80.1 cm³/mol. The van der Waals surface area contributed by atoms with Crippen LogP contribution in [0.15, 0.2) is 53.1 Å². The first kappa shape index (κ1) is 15.2. The number of carboxylic acid groups (broad SMARTS) is 1. The number of thioether (sulfide) groups is 1. The molecule has 1 amide bonds. The SMILES string of the molecule is O=C(O)CSCC(=O)NC(c1ccccc1)c1ccco1. The molecule has 0 fully saturated rings. The van der Waals surface area contributed by atoms with Crippen LogP contribution in [-0.2, 0) is 9.59 Å². The molecule has 1 aromatic heterocycles. The Balaban J connectivity index is 2.04. The molecule has 0 saturated heterocycles. The number of carbonyl (C=O) groups excluding carboxylic acids is 1. The maximum atomic E-state index is 11.9. The van der Waals surface area contributed by atoms with E-state index in [1.807, 2.05) is 30.3 Å². The highest BCUT2D eigenvalue weighted by Crippen LogP contribution is 2.22. The van der Waals surface area contributed by atoms with Gasteiger partial charge in [0.2, 0.25) is 5.91 Å². The molecular weight excluding hydrogens is 290 g/mol. The molecule has 1 atom stereocenters. The summed E-state index contributed by atoms with van der Waals surface area (Å²) in [6.45, 7) is 0. The first-order valence-corrected chi connectivity index (χ1v) is 7.49. The van der Waals surface area contributed by atoms with Crippen molar-refractivity contribution in [3.8, 4) is 0 Å². The molecule has 0 bridgehead atoms. The number of carbonyl (C=O) groups is 2. The highest BCUT2D eigenvalue weighted by molar-refractivity contribution is 8.00.